The second kappa shape index (κ2) is 6.33. The lowest BCUT2D eigenvalue weighted by atomic mass is 9.61. The van der Waals surface area contributed by atoms with Crippen LogP contribution in [0, 0.1) is 17.3 Å². The molecule has 3 nitrogen and oxygen atoms in total. The molecule has 4 unspecified atom stereocenters. The van der Waals surface area contributed by atoms with Crippen LogP contribution in [-0.2, 0) is 0 Å². The van der Waals surface area contributed by atoms with E-state index in [-0.39, 0.29) is 0 Å². The molecule has 3 heteroatoms. The molecule has 1 aliphatic carbocycles. The highest BCUT2D eigenvalue weighted by molar-refractivity contribution is 4.95. The maximum atomic E-state index is 6.30. The van der Waals surface area contributed by atoms with Crippen LogP contribution in [0.15, 0.2) is 0 Å². The van der Waals surface area contributed by atoms with Crippen molar-refractivity contribution in [3.8, 4) is 0 Å². The lowest BCUT2D eigenvalue weighted by Crippen LogP contribution is -2.51. The number of likely N-dealkylation sites (N-methyl/N-ethyl adjacent to an activating group) is 1. The van der Waals surface area contributed by atoms with Gasteiger partial charge in [-0.3, -0.25) is 4.90 Å². The first kappa shape index (κ1) is 16.3. The molecule has 2 fully saturated rings. The third-order valence-corrected chi connectivity index (χ3v) is 6.36. The molecule has 0 spiro atoms. The van der Waals surface area contributed by atoms with Crippen LogP contribution < -0.4 is 5.73 Å². The lowest BCUT2D eigenvalue weighted by molar-refractivity contribution is 0.0209. The molecular weight excluding hydrogens is 246 g/mol. The Bertz CT molecular complexity index is 315. The van der Waals surface area contributed by atoms with E-state index >= 15 is 0 Å². The zero-order chi connectivity index (χ0) is 14.9. The SMILES string of the molecule is CC1CN(C)CCCN1CC1CCC(N)C(C)C1(C)C. The molecule has 2 N–H and O–H groups in total. The summed E-state index contributed by atoms with van der Waals surface area (Å²) in [5.74, 6) is 1.43. The van der Waals surface area contributed by atoms with Gasteiger partial charge >= 0.3 is 0 Å². The summed E-state index contributed by atoms with van der Waals surface area (Å²) < 4.78 is 0. The molecule has 2 rings (SSSR count). The fourth-order valence-corrected chi connectivity index (χ4v) is 4.24. The van der Waals surface area contributed by atoms with Gasteiger partial charge in [-0.1, -0.05) is 20.8 Å². The molecule has 118 valence electrons. The number of nitrogens with zero attached hydrogens (tertiary/aromatic N) is 2. The van der Waals surface area contributed by atoms with E-state index in [2.05, 4.69) is 44.5 Å². The van der Waals surface area contributed by atoms with Crippen molar-refractivity contribution in [3.05, 3.63) is 0 Å². The van der Waals surface area contributed by atoms with Crippen molar-refractivity contribution in [1.82, 2.24) is 9.80 Å². The van der Waals surface area contributed by atoms with Crippen molar-refractivity contribution < 1.29 is 0 Å². The smallest absolute Gasteiger partial charge is 0.0194 e. The maximum absolute atomic E-state index is 6.30. The van der Waals surface area contributed by atoms with Gasteiger partial charge in [0.2, 0.25) is 0 Å². The predicted octanol–water partition coefficient (Wildman–Crippen LogP) is 2.41. The molecule has 0 radical (unpaired) electrons. The van der Waals surface area contributed by atoms with E-state index in [0.717, 1.165) is 5.92 Å². The van der Waals surface area contributed by atoms with E-state index in [9.17, 15) is 0 Å². The molecule has 4 atom stereocenters. The summed E-state index contributed by atoms with van der Waals surface area (Å²) in [5.41, 5.74) is 6.67. The van der Waals surface area contributed by atoms with E-state index in [0.29, 0.717) is 23.4 Å². The van der Waals surface area contributed by atoms with Crippen LogP contribution in [0.1, 0.15) is 47.0 Å². The van der Waals surface area contributed by atoms with Crippen molar-refractivity contribution in [2.45, 2.75) is 59.0 Å². The van der Waals surface area contributed by atoms with Gasteiger partial charge in [-0.15, -0.1) is 0 Å². The Morgan fingerprint density at radius 3 is 2.55 bits per heavy atom. The average Bonchev–Trinajstić information content (AvgIpc) is 2.52. The van der Waals surface area contributed by atoms with Gasteiger partial charge in [0.15, 0.2) is 0 Å². The Labute approximate surface area is 125 Å². The molecule has 1 aliphatic heterocycles. The summed E-state index contributed by atoms with van der Waals surface area (Å²) in [6, 6.07) is 1.08. The van der Waals surface area contributed by atoms with Gasteiger partial charge in [-0.2, -0.15) is 0 Å². The minimum Gasteiger partial charge on any atom is -0.327 e. The Hall–Kier alpha value is -0.120. The monoisotopic (exact) mass is 281 g/mol. The normalized spacial score (nSPS) is 40.5. The van der Waals surface area contributed by atoms with Crippen molar-refractivity contribution in [3.63, 3.8) is 0 Å². The highest BCUT2D eigenvalue weighted by Crippen LogP contribution is 2.44. The summed E-state index contributed by atoms with van der Waals surface area (Å²) in [4.78, 5) is 5.22. The van der Waals surface area contributed by atoms with Crippen LogP contribution in [-0.4, -0.2) is 55.1 Å². The number of hydrogen-bond acceptors (Lipinski definition) is 3. The van der Waals surface area contributed by atoms with E-state index in [1.165, 1.54) is 45.4 Å². The quantitative estimate of drug-likeness (QED) is 0.844. The van der Waals surface area contributed by atoms with Crippen LogP contribution >= 0.6 is 0 Å². The molecule has 1 saturated carbocycles. The third kappa shape index (κ3) is 3.37. The van der Waals surface area contributed by atoms with E-state index < -0.39 is 0 Å². The van der Waals surface area contributed by atoms with Gasteiger partial charge in [0.05, 0.1) is 0 Å². The van der Waals surface area contributed by atoms with E-state index in [4.69, 9.17) is 5.73 Å². The third-order valence-electron chi connectivity index (χ3n) is 6.36. The second-order valence-electron chi connectivity index (χ2n) is 8.01. The predicted molar refractivity (Wildman–Crippen MR) is 86.8 cm³/mol. The first-order valence-electron chi connectivity index (χ1n) is 8.50. The largest absolute Gasteiger partial charge is 0.327 e. The Balaban J connectivity index is 2.01. The summed E-state index contributed by atoms with van der Waals surface area (Å²) in [5, 5.41) is 0. The molecule has 0 bridgehead atoms. The van der Waals surface area contributed by atoms with Crippen molar-refractivity contribution in [2.75, 3.05) is 33.2 Å². The van der Waals surface area contributed by atoms with Gasteiger partial charge in [-0.05, 0) is 63.6 Å². The van der Waals surface area contributed by atoms with Crippen LogP contribution in [0.2, 0.25) is 0 Å². The summed E-state index contributed by atoms with van der Waals surface area (Å²) in [6.45, 7) is 14.6. The number of hydrogen-bond donors (Lipinski definition) is 1. The van der Waals surface area contributed by atoms with E-state index in [1.807, 2.05) is 0 Å². The van der Waals surface area contributed by atoms with Crippen LogP contribution in [0.25, 0.3) is 0 Å². The standard InChI is InChI=1S/C17H35N3/c1-13-11-19(5)9-6-10-20(13)12-15-7-8-16(18)14(2)17(15,3)4/h13-16H,6-12,18H2,1-5H3. The van der Waals surface area contributed by atoms with E-state index in [1.54, 1.807) is 0 Å². The van der Waals surface area contributed by atoms with Gasteiger partial charge in [0, 0.05) is 25.2 Å². The molecule has 0 amide bonds. The fraction of sp³-hybridized carbons (Fsp3) is 1.00. The highest BCUT2D eigenvalue weighted by atomic mass is 15.2. The fourth-order valence-electron chi connectivity index (χ4n) is 4.24. The summed E-state index contributed by atoms with van der Waals surface area (Å²) in [6.07, 6.45) is 3.82. The molecular formula is C17H35N3. The second-order valence-corrected chi connectivity index (χ2v) is 8.01. The minimum atomic E-state index is 0.371. The Morgan fingerprint density at radius 1 is 1.15 bits per heavy atom. The minimum absolute atomic E-state index is 0.371. The molecule has 0 aromatic carbocycles. The van der Waals surface area contributed by atoms with Crippen molar-refractivity contribution in [2.24, 2.45) is 23.0 Å². The van der Waals surface area contributed by atoms with Gasteiger partial charge in [0.1, 0.15) is 0 Å². The molecule has 1 heterocycles. The molecule has 1 saturated heterocycles. The van der Waals surface area contributed by atoms with Crippen LogP contribution in [0.5, 0.6) is 0 Å². The Morgan fingerprint density at radius 2 is 1.85 bits per heavy atom. The van der Waals surface area contributed by atoms with Gasteiger partial charge in [0.25, 0.3) is 0 Å². The van der Waals surface area contributed by atoms with Gasteiger partial charge < -0.3 is 10.6 Å². The maximum Gasteiger partial charge on any atom is 0.0194 e. The van der Waals surface area contributed by atoms with Crippen molar-refractivity contribution in [1.29, 1.82) is 0 Å². The first-order chi connectivity index (χ1) is 9.32. The molecule has 0 aromatic rings. The topological polar surface area (TPSA) is 32.5 Å². The number of rotatable bonds is 2. The highest BCUT2D eigenvalue weighted by Gasteiger charge is 2.42. The van der Waals surface area contributed by atoms with Crippen LogP contribution in [0.3, 0.4) is 0 Å². The lowest BCUT2D eigenvalue weighted by Gasteiger charge is -2.49. The van der Waals surface area contributed by atoms with Gasteiger partial charge in [-0.25, -0.2) is 0 Å². The van der Waals surface area contributed by atoms with Crippen molar-refractivity contribution >= 4 is 0 Å². The zero-order valence-corrected chi connectivity index (χ0v) is 14.2. The van der Waals surface area contributed by atoms with Crippen LogP contribution in [0.4, 0.5) is 0 Å². The number of nitrogens with two attached hydrogens (primary N) is 1. The average molecular weight is 281 g/mol. The molecule has 20 heavy (non-hydrogen) atoms. The first-order valence-corrected chi connectivity index (χ1v) is 8.50. The Kier molecular flexibility index (Phi) is 5.14. The summed E-state index contributed by atoms with van der Waals surface area (Å²) in [7, 11) is 2.26. The molecule has 2 aliphatic rings. The summed E-state index contributed by atoms with van der Waals surface area (Å²) >= 11 is 0. The zero-order valence-electron chi connectivity index (χ0n) is 14.2. The molecule has 0 aromatic heterocycles.